The van der Waals surface area contributed by atoms with Gasteiger partial charge in [-0.25, -0.2) is 4.98 Å². The van der Waals surface area contributed by atoms with E-state index in [9.17, 15) is 0 Å². The topological polar surface area (TPSA) is 81.9 Å². The zero-order valence-corrected chi connectivity index (χ0v) is 11.7. The zero-order valence-electron chi connectivity index (χ0n) is 10.1. The van der Waals surface area contributed by atoms with Gasteiger partial charge in [0.05, 0.1) is 6.04 Å². The molecule has 0 amide bonds. The number of nitrogen functional groups attached to an aromatic ring is 1. The monoisotopic (exact) mass is 309 g/mol. The van der Waals surface area contributed by atoms with Crippen molar-refractivity contribution in [3.8, 4) is 0 Å². The van der Waals surface area contributed by atoms with Gasteiger partial charge in [0, 0.05) is 36.0 Å². The Morgan fingerprint density at radius 2 is 2.28 bits per heavy atom. The highest BCUT2D eigenvalue weighted by Crippen LogP contribution is 2.26. The Kier molecular flexibility index (Phi) is 4.00. The third-order valence-corrected chi connectivity index (χ3v) is 3.43. The molecule has 0 radical (unpaired) electrons. The normalized spacial score (nSPS) is 12.6. The summed E-state index contributed by atoms with van der Waals surface area (Å²) in [6.45, 7) is 0. The van der Waals surface area contributed by atoms with Gasteiger partial charge in [-0.15, -0.1) is 0 Å². The number of anilines is 1. The van der Waals surface area contributed by atoms with Gasteiger partial charge in [0.25, 0.3) is 0 Å². The van der Waals surface area contributed by atoms with Crippen molar-refractivity contribution >= 4 is 21.6 Å². The van der Waals surface area contributed by atoms with Crippen molar-refractivity contribution in [3.63, 3.8) is 0 Å². The molecule has 0 fully saturated rings. The number of aryl methyl sites for hydroxylation is 1. The molecular weight excluding hydrogens is 294 g/mol. The second-order valence-corrected chi connectivity index (χ2v) is 5.07. The average molecular weight is 310 g/mol. The molecule has 0 spiro atoms. The second kappa shape index (κ2) is 5.51. The molecule has 0 aliphatic rings. The Hall–Kier alpha value is -1.37. The van der Waals surface area contributed by atoms with E-state index < -0.39 is 0 Å². The number of nitrogens with zero attached hydrogens (tertiary/aromatic N) is 2. The fourth-order valence-corrected chi connectivity index (χ4v) is 2.26. The summed E-state index contributed by atoms with van der Waals surface area (Å²) in [5, 5.41) is 0. The second-order valence-electron chi connectivity index (χ2n) is 4.15. The molecule has 1 aromatic carbocycles. The van der Waals surface area contributed by atoms with Crippen LogP contribution in [-0.2, 0) is 13.5 Å². The molecular formula is C12H16BrN5. The number of halogens is 1. The number of nitrogens with one attached hydrogen (secondary N) is 1. The summed E-state index contributed by atoms with van der Waals surface area (Å²) in [4.78, 5) is 4.30. The number of aromatic nitrogens is 2. The fourth-order valence-electron chi connectivity index (χ4n) is 1.88. The Bertz CT molecular complexity index is 537. The smallest absolute Gasteiger partial charge is 0.110 e. The van der Waals surface area contributed by atoms with Crippen LogP contribution in [0, 0.1) is 0 Å². The zero-order chi connectivity index (χ0) is 13.1. The maximum Gasteiger partial charge on any atom is 0.110 e. The van der Waals surface area contributed by atoms with Crippen molar-refractivity contribution in [1.29, 1.82) is 0 Å². The number of imidazole rings is 1. The fraction of sp³-hybridized carbons (Fsp3) is 0.250. The van der Waals surface area contributed by atoms with Crippen molar-refractivity contribution in [1.82, 2.24) is 15.0 Å². The molecule has 0 aliphatic carbocycles. The molecule has 0 saturated carbocycles. The summed E-state index contributed by atoms with van der Waals surface area (Å²) in [6.07, 6.45) is 4.36. The molecule has 6 heteroatoms. The average Bonchev–Trinajstić information content (AvgIpc) is 2.75. The number of nitrogens with two attached hydrogens (primary N) is 2. The van der Waals surface area contributed by atoms with E-state index in [1.165, 1.54) is 0 Å². The van der Waals surface area contributed by atoms with Gasteiger partial charge in [-0.1, -0.05) is 15.9 Å². The first kappa shape index (κ1) is 13.1. The van der Waals surface area contributed by atoms with Crippen LogP contribution in [0.5, 0.6) is 0 Å². The summed E-state index contributed by atoms with van der Waals surface area (Å²) in [6, 6.07) is 5.68. The Morgan fingerprint density at radius 1 is 1.50 bits per heavy atom. The van der Waals surface area contributed by atoms with Crippen molar-refractivity contribution < 1.29 is 0 Å². The largest absolute Gasteiger partial charge is 0.398 e. The molecule has 5 nitrogen and oxygen atoms in total. The Labute approximate surface area is 114 Å². The molecule has 0 saturated heterocycles. The van der Waals surface area contributed by atoms with E-state index in [1.54, 1.807) is 6.20 Å². The first-order chi connectivity index (χ1) is 8.61. The first-order valence-electron chi connectivity index (χ1n) is 5.59. The summed E-state index contributed by atoms with van der Waals surface area (Å²) in [7, 11) is 1.96. The Morgan fingerprint density at radius 3 is 2.89 bits per heavy atom. The van der Waals surface area contributed by atoms with Gasteiger partial charge >= 0.3 is 0 Å². The van der Waals surface area contributed by atoms with E-state index in [1.807, 2.05) is 36.0 Å². The van der Waals surface area contributed by atoms with E-state index in [0.717, 1.165) is 21.5 Å². The predicted octanol–water partition coefficient (Wildman–Crippen LogP) is 1.51. The summed E-state index contributed by atoms with van der Waals surface area (Å²) in [5.41, 5.74) is 10.5. The highest BCUT2D eigenvalue weighted by Gasteiger charge is 2.16. The van der Waals surface area contributed by atoms with E-state index in [0.29, 0.717) is 6.42 Å². The number of hydrazine groups is 1. The van der Waals surface area contributed by atoms with Crippen LogP contribution in [0.2, 0.25) is 0 Å². The maximum absolute atomic E-state index is 5.99. The molecule has 96 valence electrons. The third-order valence-electron chi connectivity index (χ3n) is 2.93. The minimum Gasteiger partial charge on any atom is -0.398 e. The van der Waals surface area contributed by atoms with Gasteiger partial charge in [0.2, 0.25) is 0 Å². The number of benzene rings is 1. The van der Waals surface area contributed by atoms with Crippen LogP contribution in [-0.4, -0.2) is 9.55 Å². The van der Waals surface area contributed by atoms with E-state index in [-0.39, 0.29) is 6.04 Å². The quantitative estimate of drug-likeness (QED) is 0.454. The van der Waals surface area contributed by atoms with Gasteiger partial charge in [-0.05, 0) is 23.8 Å². The molecule has 1 atom stereocenters. The van der Waals surface area contributed by atoms with Gasteiger partial charge in [0.1, 0.15) is 5.82 Å². The highest BCUT2D eigenvalue weighted by atomic mass is 79.9. The lowest BCUT2D eigenvalue weighted by molar-refractivity contribution is 0.531. The van der Waals surface area contributed by atoms with E-state index >= 15 is 0 Å². The van der Waals surface area contributed by atoms with Crippen molar-refractivity contribution in [3.05, 3.63) is 46.5 Å². The number of hydrogen-bond acceptors (Lipinski definition) is 4. The maximum atomic E-state index is 5.99. The molecule has 1 unspecified atom stereocenters. The lowest BCUT2D eigenvalue weighted by Crippen LogP contribution is -2.30. The van der Waals surface area contributed by atoms with Crippen LogP contribution in [0.4, 0.5) is 5.69 Å². The first-order valence-corrected chi connectivity index (χ1v) is 6.38. The molecule has 18 heavy (non-hydrogen) atoms. The molecule has 0 bridgehead atoms. The summed E-state index contributed by atoms with van der Waals surface area (Å²) < 4.78 is 2.95. The minimum atomic E-state index is -0.0661. The summed E-state index contributed by atoms with van der Waals surface area (Å²) >= 11 is 3.44. The molecule has 2 rings (SSSR count). The van der Waals surface area contributed by atoms with Crippen LogP contribution >= 0.6 is 15.9 Å². The molecule has 2 aromatic rings. The number of rotatable bonds is 4. The summed E-state index contributed by atoms with van der Waals surface area (Å²) in [5.74, 6) is 6.59. The van der Waals surface area contributed by atoms with E-state index in [2.05, 4.69) is 26.3 Å². The van der Waals surface area contributed by atoms with Gasteiger partial charge < -0.3 is 10.3 Å². The van der Waals surface area contributed by atoms with Crippen molar-refractivity contribution in [2.75, 3.05) is 5.73 Å². The lowest BCUT2D eigenvalue weighted by Gasteiger charge is -2.18. The predicted molar refractivity (Wildman–Crippen MR) is 75.5 cm³/mol. The molecule has 1 heterocycles. The minimum absolute atomic E-state index is 0.0661. The van der Waals surface area contributed by atoms with Crippen molar-refractivity contribution in [2.45, 2.75) is 12.5 Å². The van der Waals surface area contributed by atoms with Crippen LogP contribution < -0.4 is 17.0 Å². The van der Waals surface area contributed by atoms with Crippen LogP contribution in [0.3, 0.4) is 0 Å². The lowest BCUT2D eigenvalue weighted by atomic mass is 10.0. The molecule has 0 aliphatic heterocycles. The third kappa shape index (κ3) is 2.72. The van der Waals surface area contributed by atoms with Gasteiger partial charge in [0.15, 0.2) is 0 Å². The number of hydrogen-bond donors (Lipinski definition) is 3. The van der Waals surface area contributed by atoms with E-state index in [4.69, 9.17) is 11.6 Å². The SMILES string of the molecule is Cn1ccnc1CC(NN)c1cc(Br)ccc1N. The highest BCUT2D eigenvalue weighted by molar-refractivity contribution is 9.10. The standard InChI is InChI=1S/C12H16BrN5/c1-18-5-4-16-12(18)7-11(17-15)9-6-8(13)2-3-10(9)14/h2-6,11,17H,7,14-15H2,1H3. The van der Waals surface area contributed by atoms with Crippen molar-refractivity contribution in [2.24, 2.45) is 12.9 Å². The van der Waals surface area contributed by atoms with Crippen LogP contribution in [0.25, 0.3) is 0 Å². The molecule has 5 N–H and O–H groups in total. The van der Waals surface area contributed by atoms with Gasteiger partial charge in [-0.3, -0.25) is 11.3 Å². The van der Waals surface area contributed by atoms with Crippen LogP contribution in [0.1, 0.15) is 17.4 Å². The Balaban J connectivity index is 2.28. The van der Waals surface area contributed by atoms with Crippen LogP contribution in [0.15, 0.2) is 35.1 Å². The molecule has 1 aromatic heterocycles. The van der Waals surface area contributed by atoms with Gasteiger partial charge in [-0.2, -0.15) is 0 Å².